The van der Waals surface area contributed by atoms with Gasteiger partial charge < -0.3 is 19.6 Å². The maximum absolute atomic E-state index is 6.27. The molecule has 0 spiro atoms. The van der Waals surface area contributed by atoms with Crippen molar-refractivity contribution in [3.05, 3.63) is 46.9 Å². The van der Waals surface area contributed by atoms with Crippen LogP contribution in [-0.4, -0.2) is 6.79 Å². The third kappa shape index (κ3) is 1.75. The number of fused-ring (bicyclic) bond motifs is 1. The highest BCUT2D eigenvalue weighted by Crippen LogP contribution is 2.35. The van der Waals surface area contributed by atoms with Crippen LogP contribution >= 0.6 is 0 Å². The molecule has 4 nitrogen and oxygen atoms in total. The summed E-state index contributed by atoms with van der Waals surface area (Å²) in [5.74, 6) is 3.25. The first kappa shape index (κ1) is 11.2. The van der Waals surface area contributed by atoms with Crippen molar-refractivity contribution in [1.29, 1.82) is 0 Å². The lowest BCUT2D eigenvalue weighted by molar-refractivity contribution is 0.174. The number of ether oxygens (including phenoxy) is 2. The molecule has 2 aromatic rings. The summed E-state index contributed by atoms with van der Waals surface area (Å²) in [7, 11) is 0. The lowest BCUT2D eigenvalue weighted by atomic mass is 9.99. The molecular formula is C14H15NO3. The molecule has 0 bridgehead atoms. The molecule has 1 unspecified atom stereocenters. The number of rotatable bonds is 2. The third-order valence-electron chi connectivity index (χ3n) is 3.17. The van der Waals surface area contributed by atoms with E-state index in [9.17, 15) is 0 Å². The molecule has 1 aliphatic heterocycles. The Bertz CT molecular complexity index is 589. The van der Waals surface area contributed by atoms with Gasteiger partial charge in [0.1, 0.15) is 11.5 Å². The standard InChI is InChI=1S/C14H15NO3/c1-8-5-11(9(2)18-8)14(15)10-3-4-12-13(6-10)17-7-16-12/h3-6,14H,7,15H2,1-2H3. The van der Waals surface area contributed by atoms with Crippen LogP contribution in [0.2, 0.25) is 0 Å². The Morgan fingerprint density at radius 1 is 1.11 bits per heavy atom. The van der Waals surface area contributed by atoms with Crippen molar-refractivity contribution in [3.63, 3.8) is 0 Å². The van der Waals surface area contributed by atoms with Crippen LogP contribution in [0.1, 0.15) is 28.7 Å². The van der Waals surface area contributed by atoms with Crippen LogP contribution in [0.5, 0.6) is 11.5 Å². The Hall–Kier alpha value is -1.94. The molecule has 94 valence electrons. The zero-order valence-corrected chi connectivity index (χ0v) is 10.4. The molecule has 0 saturated carbocycles. The average molecular weight is 245 g/mol. The van der Waals surface area contributed by atoms with Gasteiger partial charge in [-0.1, -0.05) is 6.07 Å². The van der Waals surface area contributed by atoms with E-state index in [0.29, 0.717) is 0 Å². The average Bonchev–Trinajstić information content (AvgIpc) is 2.93. The normalized spacial score (nSPS) is 14.8. The minimum atomic E-state index is -0.211. The molecule has 3 rings (SSSR count). The van der Waals surface area contributed by atoms with E-state index < -0.39 is 0 Å². The first-order chi connectivity index (χ1) is 8.65. The molecule has 0 amide bonds. The van der Waals surface area contributed by atoms with Crippen LogP contribution in [0.3, 0.4) is 0 Å². The minimum Gasteiger partial charge on any atom is -0.466 e. The van der Waals surface area contributed by atoms with Crippen molar-refractivity contribution in [3.8, 4) is 11.5 Å². The summed E-state index contributed by atoms with van der Waals surface area (Å²) in [5.41, 5.74) is 8.26. The maximum atomic E-state index is 6.27. The topological polar surface area (TPSA) is 57.6 Å². The molecule has 2 N–H and O–H groups in total. The zero-order valence-electron chi connectivity index (χ0n) is 10.4. The number of hydrogen-bond donors (Lipinski definition) is 1. The summed E-state index contributed by atoms with van der Waals surface area (Å²) in [6, 6.07) is 7.54. The Labute approximate surface area is 105 Å². The van der Waals surface area contributed by atoms with Gasteiger partial charge in [-0.3, -0.25) is 0 Å². The van der Waals surface area contributed by atoms with Crippen molar-refractivity contribution in [2.75, 3.05) is 6.79 Å². The molecule has 18 heavy (non-hydrogen) atoms. The van der Waals surface area contributed by atoms with E-state index in [2.05, 4.69) is 0 Å². The number of benzene rings is 1. The summed E-state index contributed by atoms with van der Waals surface area (Å²) >= 11 is 0. The van der Waals surface area contributed by atoms with Crippen molar-refractivity contribution < 1.29 is 13.9 Å². The first-order valence-electron chi connectivity index (χ1n) is 5.87. The predicted octanol–water partition coefficient (Wildman–Crippen LogP) is 2.67. The molecule has 1 aromatic heterocycles. The molecule has 2 heterocycles. The maximum Gasteiger partial charge on any atom is 0.231 e. The first-order valence-corrected chi connectivity index (χ1v) is 5.87. The Morgan fingerprint density at radius 3 is 2.61 bits per heavy atom. The van der Waals surface area contributed by atoms with E-state index in [1.165, 1.54) is 0 Å². The van der Waals surface area contributed by atoms with Crippen LogP contribution in [0.15, 0.2) is 28.7 Å². The van der Waals surface area contributed by atoms with E-state index in [4.69, 9.17) is 19.6 Å². The van der Waals surface area contributed by atoms with Gasteiger partial charge in [0.15, 0.2) is 11.5 Å². The van der Waals surface area contributed by atoms with E-state index in [1.807, 2.05) is 38.1 Å². The summed E-state index contributed by atoms with van der Waals surface area (Å²) in [5, 5.41) is 0. The van der Waals surface area contributed by atoms with Gasteiger partial charge >= 0.3 is 0 Å². The third-order valence-corrected chi connectivity index (χ3v) is 3.17. The molecule has 4 heteroatoms. The Morgan fingerprint density at radius 2 is 1.89 bits per heavy atom. The van der Waals surface area contributed by atoms with Crippen molar-refractivity contribution >= 4 is 0 Å². The summed E-state index contributed by atoms with van der Waals surface area (Å²) < 4.78 is 16.2. The second kappa shape index (κ2) is 4.07. The number of hydrogen-bond acceptors (Lipinski definition) is 4. The van der Waals surface area contributed by atoms with Gasteiger partial charge in [-0.15, -0.1) is 0 Å². The van der Waals surface area contributed by atoms with E-state index in [0.717, 1.165) is 34.1 Å². The van der Waals surface area contributed by atoms with Crippen LogP contribution in [0, 0.1) is 13.8 Å². The van der Waals surface area contributed by atoms with Gasteiger partial charge in [0.25, 0.3) is 0 Å². The Kier molecular flexibility index (Phi) is 2.52. The van der Waals surface area contributed by atoms with Gasteiger partial charge in [-0.05, 0) is 37.6 Å². The fraction of sp³-hybridized carbons (Fsp3) is 0.286. The molecular weight excluding hydrogens is 230 g/mol. The summed E-state index contributed by atoms with van der Waals surface area (Å²) in [6.07, 6.45) is 0. The van der Waals surface area contributed by atoms with Crippen molar-refractivity contribution in [2.45, 2.75) is 19.9 Å². The van der Waals surface area contributed by atoms with Crippen molar-refractivity contribution in [2.24, 2.45) is 5.73 Å². The fourth-order valence-corrected chi connectivity index (χ4v) is 2.25. The largest absolute Gasteiger partial charge is 0.466 e. The molecule has 1 atom stereocenters. The van der Waals surface area contributed by atoms with Crippen LogP contribution in [0.25, 0.3) is 0 Å². The molecule has 0 saturated heterocycles. The Balaban J connectivity index is 1.97. The van der Waals surface area contributed by atoms with E-state index in [1.54, 1.807) is 0 Å². The second-order valence-corrected chi connectivity index (χ2v) is 4.46. The highest BCUT2D eigenvalue weighted by atomic mass is 16.7. The van der Waals surface area contributed by atoms with E-state index >= 15 is 0 Å². The quantitative estimate of drug-likeness (QED) is 0.883. The summed E-state index contributed by atoms with van der Waals surface area (Å²) in [6.45, 7) is 4.12. The smallest absolute Gasteiger partial charge is 0.231 e. The van der Waals surface area contributed by atoms with Gasteiger partial charge in [-0.2, -0.15) is 0 Å². The molecule has 0 fully saturated rings. The van der Waals surface area contributed by atoms with Crippen LogP contribution in [-0.2, 0) is 0 Å². The molecule has 1 aliphatic rings. The molecule has 1 aromatic carbocycles. The number of nitrogens with two attached hydrogens (primary N) is 1. The van der Waals surface area contributed by atoms with Gasteiger partial charge in [0.05, 0.1) is 6.04 Å². The number of aryl methyl sites for hydroxylation is 2. The van der Waals surface area contributed by atoms with Gasteiger partial charge in [0.2, 0.25) is 6.79 Å². The van der Waals surface area contributed by atoms with Crippen LogP contribution < -0.4 is 15.2 Å². The van der Waals surface area contributed by atoms with Gasteiger partial charge in [0, 0.05) is 5.56 Å². The monoisotopic (exact) mass is 245 g/mol. The van der Waals surface area contributed by atoms with Crippen LogP contribution in [0.4, 0.5) is 0 Å². The lowest BCUT2D eigenvalue weighted by Gasteiger charge is -2.11. The molecule has 0 radical (unpaired) electrons. The molecule has 0 aliphatic carbocycles. The highest BCUT2D eigenvalue weighted by molar-refractivity contribution is 5.47. The summed E-state index contributed by atoms with van der Waals surface area (Å²) in [4.78, 5) is 0. The number of furan rings is 1. The second-order valence-electron chi connectivity index (χ2n) is 4.46. The highest BCUT2D eigenvalue weighted by Gasteiger charge is 2.19. The fourth-order valence-electron chi connectivity index (χ4n) is 2.25. The van der Waals surface area contributed by atoms with E-state index in [-0.39, 0.29) is 12.8 Å². The zero-order chi connectivity index (χ0) is 12.7. The lowest BCUT2D eigenvalue weighted by Crippen LogP contribution is -2.11. The minimum absolute atomic E-state index is 0.211. The SMILES string of the molecule is Cc1cc(C(N)c2ccc3c(c2)OCO3)c(C)o1. The predicted molar refractivity (Wildman–Crippen MR) is 66.8 cm³/mol. The van der Waals surface area contributed by atoms with Gasteiger partial charge in [-0.25, -0.2) is 0 Å². The van der Waals surface area contributed by atoms with Crippen molar-refractivity contribution in [1.82, 2.24) is 0 Å².